The van der Waals surface area contributed by atoms with E-state index < -0.39 is 29.6 Å². The van der Waals surface area contributed by atoms with Gasteiger partial charge in [0.25, 0.3) is 5.91 Å². The van der Waals surface area contributed by atoms with Gasteiger partial charge in [-0.3, -0.25) is 29.1 Å². The van der Waals surface area contributed by atoms with Crippen molar-refractivity contribution in [2.75, 3.05) is 11.4 Å². The third-order valence-electron chi connectivity index (χ3n) is 9.26. The number of carboxylic acid groups (broad SMARTS) is 1. The van der Waals surface area contributed by atoms with E-state index in [1.807, 2.05) is 36.4 Å². The minimum absolute atomic E-state index is 0.0440. The van der Waals surface area contributed by atoms with E-state index in [9.17, 15) is 29.1 Å². The fourth-order valence-corrected chi connectivity index (χ4v) is 6.88. The maximum absolute atomic E-state index is 14.1. The third kappa shape index (κ3) is 7.51. The lowest BCUT2D eigenvalue weighted by atomic mass is 9.81. The number of rotatable bonds is 12. The number of aromatic nitrogens is 1. The first-order chi connectivity index (χ1) is 22.6. The number of hydrogen-bond acceptors (Lipinski definition) is 6. The molecule has 3 atom stereocenters. The van der Waals surface area contributed by atoms with Crippen molar-refractivity contribution in [2.45, 2.75) is 77.0 Å². The molecule has 0 bridgehead atoms. The highest BCUT2D eigenvalue weighted by atomic mass is 16.4. The molecule has 47 heavy (non-hydrogen) atoms. The zero-order valence-electron chi connectivity index (χ0n) is 26.7. The highest BCUT2D eigenvalue weighted by Gasteiger charge is 2.48. The molecule has 1 aromatic heterocycles. The number of nitrogens with zero attached hydrogens (tertiary/aromatic N) is 3. The van der Waals surface area contributed by atoms with Gasteiger partial charge in [0, 0.05) is 51.3 Å². The molecule has 1 aliphatic carbocycles. The normalized spacial score (nSPS) is 19.3. The Morgan fingerprint density at radius 1 is 0.957 bits per heavy atom. The lowest BCUT2D eigenvalue weighted by Gasteiger charge is -2.31. The minimum Gasteiger partial charge on any atom is -0.480 e. The molecule has 1 unspecified atom stereocenters. The number of hydrogen-bond donors (Lipinski definition) is 3. The van der Waals surface area contributed by atoms with Crippen molar-refractivity contribution < 1.29 is 29.1 Å². The first-order valence-corrected chi connectivity index (χ1v) is 16.0. The van der Waals surface area contributed by atoms with E-state index in [0.717, 1.165) is 24.0 Å². The van der Waals surface area contributed by atoms with Gasteiger partial charge in [-0.2, -0.15) is 0 Å². The van der Waals surface area contributed by atoms with Gasteiger partial charge in [-0.05, 0) is 54.2 Å². The molecule has 246 valence electrons. The summed E-state index contributed by atoms with van der Waals surface area (Å²) >= 11 is 0. The van der Waals surface area contributed by atoms with Gasteiger partial charge in [-0.25, -0.2) is 4.79 Å². The van der Waals surface area contributed by atoms with Gasteiger partial charge in [0.1, 0.15) is 18.2 Å². The quantitative estimate of drug-likeness (QED) is 0.273. The van der Waals surface area contributed by atoms with Crippen molar-refractivity contribution in [3.05, 3.63) is 95.8 Å². The Balaban J connectivity index is 1.37. The summed E-state index contributed by atoms with van der Waals surface area (Å²) in [4.78, 5) is 71.8. The van der Waals surface area contributed by atoms with Crippen LogP contribution in [0.15, 0.2) is 79.1 Å². The molecular formula is C36H41N5O6. The Kier molecular flexibility index (Phi) is 10.3. The van der Waals surface area contributed by atoms with E-state index >= 15 is 0 Å². The molecule has 0 spiro atoms. The molecule has 2 fully saturated rings. The fourth-order valence-electron chi connectivity index (χ4n) is 6.88. The molecule has 1 aliphatic heterocycles. The summed E-state index contributed by atoms with van der Waals surface area (Å²) in [5.41, 5.74) is 2.13. The number of aliphatic carboxylic acids is 1. The van der Waals surface area contributed by atoms with Crippen molar-refractivity contribution in [3.63, 3.8) is 0 Å². The second-order valence-corrected chi connectivity index (χ2v) is 12.5. The Morgan fingerprint density at radius 3 is 2.26 bits per heavy atom. The molecular weight excluding hydrogens is 598 g/mol. The second-order valence-electron chi connectivity index (χ2n) is 12.5. The molecule has 3 N–H and O–H groups in total. The summed E-state index contributed by atoms with van der Waals surface area (Å²) in [5, 5.41) is 15.6. The zero-order valence-corrected chi connectivity index (χ0v) is 26.7. The van der Waals surface area contributed by atoms with Gasteiger partial charge < -0.3 is 20.6 Å². The predicted molar refractivity (Wildman–Crippen MR) is 175 cm³/mol. The Labute approximate surface area is 274 Å². The van der Waals surface area contributed by atoms with E-state index in [2.05, 4.69) is 15.6 Å². The van der Waals surface area contributed by atoms with Crippen LogP contribution in [0.4, 0.5) is 5.69 Å². The average Bonchev–Trinajstić information content (AvgIpc) is 3.65. The van der Waals surface area contributed by atoms with Crippen LogP contribution < -0.4 is 15.5 Å². The van der Waals surface area contributed by atoms with Crippen molar-refractivity contribution in [3.8, 4) is 0 Å². The van der Waals surface area contributed by atoms with Crippen LogP contribution in [0.5, 0.6) is 0 Å². The fraction of sp³-hybridized carbons (Fsp3) is 0.389. The van der Waals surface area contributed by atoms with Crippen molar-refractivity contribution in [1.82, 2.24) is 20.5 Å². The summed E-state index contributed by atoms with van der Waals surface area (Å²) in [7, 11) is 0. The van der Waals surface area contributed by atoms with E-state index in [-0.39, 0.29) is 30.0 Å². The minimum atomic E-state index is -1.16. The van der Waals surface area contributed by atoms with Crippen LogP contribution >= 0.6 is 0 Å². The Bertz CT molecular complexity index is 1590. The van der Waals surface area contributed by atoms with Crippen molar-refractivity contribution in [1.29, 1.82) is 0 Å². The number of carbonyl (C=O) groups excluding carboxylic acids is 4. The molecule has 2 aliphatic rings. The first kappa shape index (κ1) is 33.3. The number of pyridine rings is 1. The third-order valence-corrected chi connectivity index (χ3v) is 9.26. The smallest absolute Gasteiger partial charge is 0.326 e. The molecule has 1 saturated carbocycles. The van der Waals surface area contributed by atoms with Crippen molar-refractivity contribution >= 4 is 35.3 Å². The summed E-state index contributed by atoms with van der Waals surface area (Å²) in [6, 6.07) is 18.1. The lowest BCUT2D eigenvalue weighted by molar-refractivity contribution is -0.144. The Morgan fingerprint density at radius 2 is 1.66 bits per heavy atom. The summed E-state index contributed by atoms with van der Waals surface area (Å²) in [6.07, 6.45) is 6.49. The summed E-state index contributed by atoms with van der Waals surface area (Å²) in [6.45, 7) is 3.24. The SMILES string of the molecule is CC(=O)NCCC1(C(=O)N[C@@H](Cc2ccc(N3C(=O)[C@@H](Cc4cccnc4)N(C(C)=O)C3c3ccccc3)cc2)C(=O)O)CCCC1. The van der Waals surface area contributed by atoms with E-state index in [1.165, 1.54) is 13.8 Å². The van der Waals surface area contributed by atoms with E-state index in [4.69, 9.17) is 0 Å². The molecule has 0 radical (unpaired) electrons. The van der Waals surface area contributed by atoms with E-state index in [0.29, 0.717) is 43.5 Å². The number of nitrogens with one attached hydrogen (secondary N) is 2. The van der Waals surface area contributed by atoms with Crippen LogP contribution in [0.25, 0.3) is 0 Å². The maximum Gasteiger partial charge on any atom is 0.326 e. The molecule has 4 amide bonds. The van der Waals surface area contributed by atoms with Gasteiger partial charge in [0.2, 0.25) is 17.7 Å². The van der Waals surface area contributed by atoms with E-state index in [1.54, 1.807) is 52.5 Å². The molecule has 11 heteroatoms. The van der Waals surface area contributed by atoms with Crippen LogP contribution in [-0.4, -0.2) is 63.2 Å². The number of carbonyl (C=O) groups is 5. The predicted octanol–water partition coefficient (Wildman–Crippen LogP) is 3.79. The van der Waals surface area contributed by atoms with Crippen LogP contribution in [0.3, 0.4) is 0 Å². The highest BCUT2D eigenvalue weighted by Crippen LogP contribution is 2.42. The average molecular weight is 640 g/mol. The molecule has 2 heterocycles. The monoisotopic (exact) mass is 639 g/mol. The number of amides is 4. The molecule has 2 aromatic carbocycles. The summed E-state index contributed by atoms with van der Waals surface area (Å²) in [5.74, 6) is -2.10. The van der Waals surface area contributed by atoms with Crippen LogP contribution in [-0.2, 0) is 36.8 Å². The number of anilines is 1. The first-order valence-electron chi connectivity index (χ1n) is 16.0. The molecule has 3 aromatic rings. The number of benzene rings is 2. The molecule has 1 saturated heterocycles. The Hall–Kier alpha value is -5.06. The van der Waals surface area contributed by atoms with Crippen LogP contribution in [0, 0.1) is 5.41 Å². The number of carboxylic acids is 1. The topological polar surface area (TPSA) is 149 Å². The second kappa shape index (κ2) is 14.6. The van der Waals surface area contributed by atoms with Gasteiger partial charge >= 0.3 is 5.97 Å². The lowest BCUT2D eigenvalue weighted by Crippen LogP contribution is -2.49. The highest BCUT2D eigenvalue weighted by molar-refractivity contribution is 6.03. The zero-order chi connectivity index (χ0) is 33.6. The van der Waals surface area contributed by atoms with Gasteiger partial charge in [0.15, 0.2) is 0 Å². The summed E-state index contributed by atoms with van der Waals surface area (Å²) < 4.78 is 0. The largest absolute Gasteiger partial charge is 0.480 e. The van der Waals surface area contributed by atoms with Crippen molar-refractivity contribution in [2.24, 2.45) is 5.41 Å². The van der Waals surface area contributed by atoms with Gasteiger partial charge in [-0.15, -0.1) is 0 Å². The van der Waals surface area contributed by atoms with Crippen LogP contribution in [0.1, 0.15) is 68.8 Å². The maximum atomic E-state index is 14.1. The standard InChI is InChI=1S/C36H41N5O6/c1-24(42)38-20-18-36(16-6-7-17-36)35(47)39-30(34(45)46)21-26-12-14-29(15-13-26)41-32(28-10-4-3-5-11-28)40(25(2)43)31(33(41)44)22-27-9-8-19-37-23-27/h3-5,8-15,19,23,30-32H,6-7,16-18,20-22H2,1-2H3,(H,38,42)(H,39,47)(H,45,46)/t30-,31+,32?/m0/s1. The van der Waals surface area contributed by atoms with Gasteiger partial charge in [-0.1, -0.05) is 61.4 Å². The van der Waals surface area contributed by atoms with Gasteiger partial charge in [0.05, 0.1) is 5.41 Å². The molecule has 11 nitrogen and oxygen atoms in total. The molecule has 5 rings (SSSR count). The van der Waals surface area contributed by atoms with Crippen LogP contribution in [0.2, 0.25) is 0 Å².